The topological polar surface area (TPSA) is 59.6 Å². The predicted octanol–water partition coefficient (Wildman–Crippen LogP) is 4.24. The minimum absolute atomic E-state index is 0.0399. The Kier molecular flexibility index (Phi) is 7.13. The summed E-state index contributed by atoms with van der Waals surface area (Å²) >= 11 is 0. The van der Waals surface area contributed by atoms with E-state index in [0.717, 1.165) is 17.2 Å². The Balaban J connectivity index is 1.31. The van der Waals surface area contributed by atoms with Gasteiger partial charge in [0.25, 0.3) is 0 Å². The van der Waals surface area contributed by atoms with Crippen LogP contribution in [0, 0.1) is 0 Å². The van der Waals surface area contributed by atoms with Crippen LogP contribution in [-0.4, -0.2) is 32.7 Å². The molecule has 0 saturated heterocycles. The molecule has 3 aromatic rings. The average Bonchev–Trinajstić information content (AvgIpc) is 2.75. The molecule has 0 aliphatic rings. The number of carbonyl (C=O) groups excluding carboxylic acids is 1. The summed E-state index contributed by atoms with van der Waals surface area (Å²) in [5.74, 6) is 1.61. The minimum Gasteiger partial charge on any atom is -0.497 e. The molecule has 0 unspecified atom stereocenters. The smallest absolute Gasteiger partial charge is 0.220 e. The van der Waals surface area contributed by atoms with E-state index in [-0.39, 0.29) is 5.91 Å². The van der Waals surface area contributed by atoms with E-state index < -0.39 is 0 Å². The lowest BCUT2D eigenvalue weighted by atomic mass is 10.1. The molecule has 2 N–H and O–H groups in total. The first-order chi connectivity index (χ1) is 13.8. The Labute approximate surface area is 165 Å². The van der Waals surface area contributed by atoms with E-state index in [2.05, 4.69) is 34.9 Å². The molecule has 0 heterocycles. The zero-order valence-corrected chi connectivity index (χ0v) is 16.1. The molecule has 3 rings (SSSR count). The van der Waals surface area contributed by atoms with E-state index >= 15 is 0 Å². The van der Waals surface area contributed by atoms with Crippen molar-refractivity contribution in [3.05, 3.63) is 66.7 Å². The van der Waals surface area contributed by atoms with Gasteiger partial charge in [-0.1, -0.05) is 36.4 Å². The van der Waals surface area contributed by atoms with Crippen molar-refractivity contribution in [2.45, 2.75) is 12.8 Å². The van der Waals surface area contributed by atoms with Crippen LogP contribution in [0.5, 0.6) is 11.5 Å². The monoisotopic (exact) mass is 378 g/mol. The Bertz CT molecular complexity index is 888. The molecule has 0 atom stereocenters. The number of anilines is 1. The third kappa shape index (κ3) is 5.64. The van der Waals surface area contributed by atoms with Crippen molar-refractivity contribution < 1.29 is 14.3 Å². The Morgan fingerprint density at radius 3 is 2.46 bits per heavy atom. The molecule has 146 valence electrons. The van der Waals surface area contributed by atoms with E-state index in [4.69, 9.17) is 9.47 Å². The first kappa shape index (κ1) is 19.5. The van der Waals surface area contributed by atoms with Gasteiger partial charge in [0.1, 0.15) is 11.5 Å². The molecule has 0 spiro atoms. The minimum atomic E-state index is 0.0399. The summed E-state index contributed by atoms with van der Waals surface area (Å²) in [5.41, 5.74) is 1.08. The second kappa shape index (κ2) is 10.2. The molecule has 5 nitrogen and oxygen atoms in total. The summed E-state index contributed by atoms with van der Waals surface area (Å²) < 4.78 is 10.7. The summed E-state index contributed by atoms with van der Waals surface area (Å²) in [6, 6.07) is 21.9. The van der Waals surface area contributed by atoms with Crippen molar-refractivity contribution in [2.24, 2.45) is 0 Å². The van der Waals surface area contributed by atoms with Crippen LogP contribution in [0.25, 0.3) is 10.8 Å². The first-order valence-corrected chi connectivity index (χ1v) is 9.51. The van der Waals surface area contributed by atoms with Crippen LogP contribution in [0.4, 0.5) is 5.69 Å². The van der Waals surface area contributed by atoms with Gasteiger partial charge in [-0.25, -0.2) is 0 Å². The molecule has 0 aliphatic heterocycles. The van der Waals surface area contributed by atoms with Crippen molar-refractivity contribution in [1.82, 2.24) is 5.32 Å². The number of methoxy groups -OCH3 is 1. The Hall–Kier alpha value is -3.21. The third-order valence-corrected chi connectivity index (χ3v) is 4.43. The largest absolute Gasteiger partial charge is 0.497 e. The lowest BCUT2D eigenvalue weighted by Gasteiger charge is -2.11. The average molecular weight is 378 g/mol. The molecule has 0 aromatic heterocycles. The lowest BCUT2D eigenvalue weighted by Crippen LogP contribution is -2.28. The standard InChI is InChI=1S/C23H26N2O3/c1-27-19-11-13-20(14-12-19)28-17-5-10-23(26)25-16-15-24-22-9-4-7-18-6-2-3-8-21(18)22/h2-4,6-9,11-14,24H,5,10,15-17H2,1H3,(H,25,26). The quantitative estimate of drug-likeness (QED) is 0.518. The number of amides is 1. The van der Waals surface area contributed by atoms with Crippen LogP contribution < -0.4 is 20.1 Å². The van der Waals surface area contributed by atoms with E-state index in [0.29, 0.717) is 32.5 Å². The van der Waals surface area contributed by atoms with Crippen molar-refractivity contribution in [3.8, 4) is 11.5 Å². The Morgan fingerprint density at radius 1 is 0.893 bits per heavy atom. The maximum absolute atomic E-state index is 12.0. The number of hydrogen-bond donors (Lipinski definition) is 2. The van der Waals surface area contributed by atoms with Crippen LogP contribution in [0.3, 0.4) is 0 Å². The molecule has 1 amide bonds. The lowest BCUT2D eigenvalue weighted by molar-refractivity contribution is -0.121. The molecule has 0 bridgehead atoms. The van der Waals surface area contributed by atoms with Crippen molar-refractivity contribution >= 4 is 22.4 Å². The molecule has 28 heavy (non-hydrogen) atoms. The highest BCUT2D eigenvalue weighted by atomic mass is 16.5. The maximum Gasteiger partial charge on any atom is 0.220 e. The van der Waals surface area contributed by atoms with Crippen molar-refractivity contribution in [3.63, 3.8) is 0 Å². The van der Waals surface area contributed by atoms with E-state index in [1.165, 1.54) is 10.8 Å². The SMILES string of the molecule is COc1ccc(OCCCC(=O)NCCNc2cccc3ccccc23)cc1. The maximum atomic E-state index is 12.0. The van der Waals surface area contributed by atoms with Crippen LogP contribution >= 0.6 is 0 Å². The number of benzene rings is 3. The van der Waals surface area contributed by atoms with Gasteiger partial charge in [-0.15, -0.1) is 0 Å². The molecule has 5 heteroatoms. The first-order valence-electron chi connectivity index (χ1n) is 9.51. The van der Waals surface area contributed by atoms with Crippen LogP contribution in [0.1, 0.15) is 12.8 Å². The summed E-state index contributed by atoms with van der Waals surface area (Å²) in [5, 5.41) is 8.72. The normalized spacial score (nSPS) is 10.5. The number of nitrogens with one attached hydrogen (secondary N) is 2. The van der Waals surface area contributed by atoms with Crippen LogP contribution in [0.2, 0.25) is 0 Å². The fraction of sp³-hybridized carbons (Fsp3) is 0.261. The van der Waals surface area contributed by atoms with Gasteiger partial charge < -0.3 is 20.1 Å². The van der Waals surface area contributed by atoms with Crippen molar-refractivity contribution in [1.29, 1.82) is 0 Å². The van der Waals surface area contributed by atoms with E-state index in [9.17, 15) is 4.79 Å². The number of fused-ring (bicyclic) bond motifs is 1. The molecule has 0 aliphatic carbocycles. The molecule has 0 radical (unpaired) electrons. The third-order valence-electron chi connectivity index (χ3n) is 4.43. The molecule has 0 saturated carbocycles. The number of hydrogen-bond acceptors (Lipinski definition) is 4. The highest BCUT2D eigenvalue weighted by Crippen LogP contribution is 2.22. The highest BCUT2D eigenvalue weighted by Gasteiger charge is 2.03. The molecule has 3 aromatic carbocycles. The van der Waals surface area contributed by atoms with Gasteiger partial charge in [0.15, 0.2) is 0 Å². The zero-order valence-electron chi connectivity index (χ0n) is 16.1. The summed E-state index contributed by atoms with van der Waals surface area (Å²) in [7, 11) is 1.63. The summed E-state index contributed by atoms with van der Waals surface area (Å²) in [6.07, 6.45) is 1.12. The fourth-order valence-corrected chi connectivity index (χ4v) is 2.96. The van der Waals surface area contributed by atoms with E-state index in [1.54, 1.807) is 7.11 Å². The van der Waals surface area contributed by atoms with Crippen LogP contribution in [-0.2, 0) is 4.79 Å². The molecular weight excluding hydrogens is 352 g/mol. The second-order valence-corrected chi connectivity index (χ2v) is 6.43. The Morgan fingerprint density at radius 2 is 1.64 bits per heavy atom. The van der Waals surface area contributed by atoms with E-state index in [1.807, 2.05) is 42.5 Å². The summed E-state index contributed by atoms with van der Waals surface area (Å²) in [4.78, 5) is 12.0. The number of ether oxygens (including phenoxy) is 2. The van der Waals surface area contributed by atoms with Gasteiger partial charge in [0, 0.05) is 30.6 Å². The number of carbonyl (C=O) groups is 1. The second-order valence-electron chi connectivity index (χ2n) is 6.43. The fourth-order valence-electron chi connectivity index (χ4n) is 2.96. The van der Waals surface area contributed by atoms with Gasteiger partial charge in [-0.05, 0) is 42.1 Å². The van der Waals surface area contributed by atoms with Gasteiger partial charge in [-0.3, -0.25) is 4.79 Å². The summed E-state index contributed by atoms with van der Waals surface area (Å²) in [6.45, 7) is 1.78. The zero-order chi connectivity index (χ0) is 19.6. The van der Waals surface area contributed by atoms with Gasteiger partial charge in [0.2, 0.25) is 5.91 Å². The predicted molar refractivity (Wildman–Crippen MR) is 113 cm³/mol. The van der Waals surface area contributed by atoms with Crippen molar-refractivity contribution in [2.75, 3.05) is 32.1 Å². The molecule has 0 fully saturated rings. The van der Waals surface area contributed by atoms with Gasteiger partial charge >= 0.3 is 0 Å². The van der Waals surface area contributed by atoms with Gasteiger partial charge in [-0.2, -0.15) is 0 Å². The van der Waals surface area contributed by atoms with Gasteiger partial charge in [0.05, 0.1) is 13.7 Å². The molecular formula is C23H26N2O3. The highest BCUT2D eigenvalue weighted by molar-refractivity contribution is 5.93. The van der Waals surface area contributed by atoms with Crippen LogP contribution in [0.15, 0.2) is 66.7 Å². The number of rotatable bonds is 10.